The van der Waals surface area contributed by atoms with Crippen molar-refractivity contribution in [3.05, 3.63) is 15.8 Å². The highest BCUT2D eigenvalue weighted by Gasteiger charge is 2.29. The van der Waals surface area contributed by atoms with E-state index in [1.807, 2.05) is 13.8 Å². The smallest absolute Gasteiger partial charge is 0.243 e. The van der Waals surface area contributed by atoms with Crippen LogP contribution < -0.4 is 0 Å². The topological polar surface area (TPSA) is 40.6 Å². The van der Waals surface area contributed by atoms with Crippen molar-refractivity contribution in [2.24, 2.45) is 5.92 Å². The van der Waals surface area contributed by atoms with E-state index in [2.05, 4.69) is 11.8 Å². The SMILES string of the molecule is CCN1CCC(CN(C)S(=O)(=O)c2cc(C)sc2C)C1. The Hall–Kier alpha value is -0.430. The lowest BCUT2D eigenvalue weighted by Gasteiger charge is -2.21. The second-order valence-corrected chi connectivity index (χ2v) is 9.08. The number of aryl methyl sites for hydroxylation is 2. The van der Waals surface area contributed by atoms with E-state index in [0.29, 0.717) is 17.4 Å². The molecule has 20 heavy (non-hydrogen) atoms. The fourth-order valence-electron chi connectivity index (χ4n) is 2.84. The Morgan fingerprint density at radius 2 is 2.15 bits per heavy atom. The van der Waals surface area contributed by atoms with Crippen LogP contribution in [0.5, 0.6) is 0 Å². The Kier molecular flexibility index (Phi) is 4.89. The van der Waals surface area contributed by atoms with Gasteiger partial charge in [-0.15, -0.1) is 11.3 Å². The van der Waals surface area contributed by atoms with E-state index < -0.39 is 10.0 Å². The highest BCUT2D eigenvalue weighted by atomic mass is 32.2. The molecule has 1 saturated heterocycles. The summed E-state index contributed by atoms with van der Waals surface area (Å²) in [6.07, 6.45) is 1.09. The highest BCUT2D eigenvalue weighted by molar-refractivity contribution is 7.89. The standard InChI is InChI=1S/C14H24N2O2S2/c1-5-16-7-6-13(10-16)9-15(4)20(17,18)14-8-11(2)19-12(14)3/h8,13H,5-7,9-10H2,1-4H3. The first-order valence-corrected chi connectivity index (χ1v) is 9.36. The molecule has 0 aliphatic carbocycles. The second-order valence-electron chi connectivity index (χ2n) is 5.61. The molecule has 2 rings (SSSR count). The summed E-state index contributed by atoms with van der Waals surface area (Å²) in [7, 11) is -1.63. The maximum atomic E-state index is 12.6. The van der Waals surface area contributed by atoms with Gasteiger partial charge < -0.3 is 4.90 Å². The van der Waals surface area contributed by atoms with Crippen LogP contribution in [0.25, 0.3) is 0 Å². The minimum atomic E-state index is -3.34. The van der Waals surface area contributed by atoms with Gasteiger partial charge in [0.25, 0.3) is 0 Å². The van der Waals surface area contributed by atoms with Gasteiger partial charge in [-0.2, -0.15) is 0 Å². The number of nitrogens with zero attached hydrogens (tertiary/aromatic N) is 2. The molecule has 1 atom stereocenters. The van der Waals surface area contributed by atoms with Gasteiger partial charge in [0.15, 0.2) is 0 Å². The quantitative estimate of drug-likeness (QED) is 0.837. The number of hydrogen-bond acceptors (Lipinski definition) is 4. The van der Waals surface area contributed by atoms with E-state index in [1.165, 1.54) is 4.31 Å². The Bertz CT molecular complexity index is 566. The third kappa shape index (κ3) is 3.24. The van der Waals surface area contributed by atoms with Crippen molar-refractivity contribution in [1.29, 1.82) is 0 Å². The number of hydrogen-bond donors (Lipinski definition) is 0. The zero-order valence-electron chi connectivity index (χ0n) is 12.7. The van der Waals surface area contributed by atoms with Gasteiger partial charge in [0.1, 0.15) is 0 Å². The lowest BCUT2D eigenvalue weighted by atomic mass is 10.1. The molecule has 0 radical (unpaired) electrons. The molecule has 1 aliphatic heterocycles. The Morgan fingerprint density at radius 1 is 1.45 bits per heavy atom. The summed E-state index contributed by atoms with van der Waals surface area (Å²) in [6, 6.07) is 1.79. The molecular formula is C14H24N2O2S2. The molecule has 0 saturated carbocycles. The van der Waals surface area contributed by atoms with Gasteiger partial charge in [0, 0.05) is 29.9 Å². The van der Waals surface area contributed by atoms with Gasteiger partial charge in [-0.3, -0.25) is 0 Å². The summed E-state index contributed by atoms with van der Waals surface area (Å²) in [6.45, 7) is 9.76. The first-order chi connectivity index (χ1) is 9.34. The van der Waals surface area contributed by atoms with Crippen molar-refractivity contribution in [3.63, 3.8) is 0 Å². The molecule has 1 unspecified atom stereocenters. The Morgan fingerprint density at radius 3 is 2.65 bits per heavy atom. The average molecular weight is 316 g/mol. The van der Waals surface area contributed by atoms with Crippen molar-refractivity contribution < 1.29 is 8.42 Å². The molecule has 1 aromatic heterocycles. The predicted octanol–water partition coefficient (Wildman–Crippen LogP) is 2.33. The highest BCUT2D eigenvalue weighted by Crippen LogP contribution is 2.28. The predicted molar refractivity (Wildman–Crippen MR) is 83.8 cm³/mol. The van der Waals surface area contributed by atoms with E-state index in [-0.39, 0.29) is 0 Å². The van der Waals surface area contributed by atoms with E-state index in [4.69, 9.17) is 0 Å². The third-order valence-corrected chi connectivity index (χ3v) is 7.06. The van der Waals surface area contributed by atoms with Crippen molar-refractivity contribution in [3.8, 4) is 0 Å². The second kappa shape index (κ2) is 6.13. The van der Waals surface area contributed by atoms with Crippen molar-refractivity contribution in [2.45, 2.75) is 32.1 Å². The summed E-state index contributed by atoms with van der Waals surface area (Å²) in [4.78, 5) is 4.79. The van der Waals surface area contributed by atoms with Gasteiger partial charge in [-0.05, 0) is 45.3 Å². The van der Waals surface area contributed by atoms with Crippen molar-refractivity contribution in [2.75, 3.05) is 33.2 Å². The van der Waals surface area contributed by atoms with Gasteiger partial charge in [0.05, 0.1) is 4.90 Å². The number of sulfonamides is 1. The Balaban J connectivity index is 2.08. The van der Waals surface area contributed by atoms with Crippen LogP contribution in [0.2, 0.25) is 0 Å². The zero-order chi connectivity index (χ0) is 14.9. The van der Waals surface area contributed by atoms with Crippen molar-refractivity contribution in [1.82, 2.24) is 9.21 Å². The largest absolute Gasteiger partial charge is 0.303 e. The van der Waals surface area contributed by atoms with E-state index >= 15 is 0 Å². The third-order valence-electron chi connectivity index (χ3n) is 4.02. The molecular weight excluding hydrogens is 292 g/mol. The molecule has 114 valence electrons. The molecule has 2 heterocycles. The molecule has 1 fully saturated rings. The lowest BCUT2D eigenvalue weighted by Crippen LogP contribution is -2.33. The van der Waals surface area contributed by atoms with Crippen LogP contribution in [0.15, 0.2) is 11.0 Å². The summed E-state index contributed by atoms with van der Waals surface area (Å²) in [5.74, 6) is 0.453. The number of thiophene rings is 1. The van der Waals surface area contributed by atoms with Gasteiger partial charge in [-0.1, -0.05) is 6.92 Å². The van der Waals surface area contributed by atoms with Crippen LogP contribution >= 0.6 is 11.3 Å². The molecule has 0 spiro atoms. The summed E-state index contributed by atoms with van der Waals surface area (Å²) in [5.41, 5.74) is 0. The zero-order valence-corrected chi connectivity index (χ0v) is 14.4. The minimum absolute atomic E-state index is 0.453. The van der Waals surface area contributed by atoms with Crippen LogP contribution in [0.4, 0.5) is 0 Å². The fourth-order valence-corrected chi connectivity index (χ4v) is 5.61. The lowest BCUT2D eigenvalue weighted by molar-refractivity contribution is 0.324. The number of likely N-dealkylation sites (tertiary alicyclic amines) is 1. The Labute approximate surface area is 126 Å². The molecule has 0 N–H and O–H groups in total. The molecule has 0 bridgehead atoms. The first kappa shape index (κ1) is 15.9. The van der Waals surface area contributed by atoms with Crippen LogP contribution in [0.3, 0.4) is 0 Å². The van der Waals surface area contributed by atoms with Crippen LogP contribution in [-0.4, -0.2) is 50.8 Å². The molecule has 0 aromatic carbocycles. The monoisotopic (exact) mass is 316 g/mol. The summed E-state index contributed by atoms with van der Waals surface area (Å²) >= 11 is 1.55. The van der Waals surface area contributed by atoms with E-state index in [9.17, 15) is 8.42 Å². The van der Waals surface area contributed by atoms with E-state index in [1.54, 1.807) is 24.5 Å². The summed E-state index contributed by atoms with van der Waals surface area (Å²) in [5, 5.41) is 0. The van der Waals surface area contributed by atoms with Crippen molar-refractivity contribution >= 4 is 21.4 Å². The van der Waals surface area contributed by atoms with Gasteiger partial charge in [0.2, 0.25) is 10.0 Å². The maximum Gasteiger partial charge on any atom is 0.243 e. The van der Waals surface area contributed by atoms with Gasteiger partial charge >= 0.3 is 0 Å². The fraction of sp³-hybridized carbons (Fsp3) is 0.714. The van der Waals surface area contributed by atoms with Crippen LogP contribution in [0.1, 0.15) is 23.1 Å². The summed E-state index contributed by atoms with van der Waals surface area (Å²) < 4.78 is 26.8. The maximum absolute atomic E-state index is 12.6. The molecule has 1 aliphatic rings. The van der Waals surface area contributed by atoms with Gasteiger partial charge in [-0.25, -0.2) is 12.7 Å². The number of rotatable bonds is 5. The minimum Gasteiger partial charge on any atom is -0.303 e. The van der Waals surface area contributed by atoms with Crippen LogP contribution in [0, 0.1) is 19.8 Å². The average Bonchev–Trinajstić information content (AvgIpc) is 2.95. The first-order valence-electron chi connectivity index (χ1n) is 7.10. The molecule has 6 heteroatoms. The van der Waals surface area contributed by atoms with E-state index in [0.717, 1.165) is 35.8 Å². The normalized spacial score (nSPS) is 20.9. The molecule has 1 aromatic rings. The molecule has 4 nitrogen and oxygen atoms in total. The molecule has 0 amide bonds. The van der Waals surface area contributed by atoms with Crippen LogP contribution in [-0.2, 0) is 10.0 Å².